The number of nitrogens with one attached hydrogen (secondary N) is 2. The van der Waals surface area contributed by atoms with E-state index in [-0.39, 0.29) is 24.0 Å². The Morgan fingerprint density at radius 3 is 2.62 bits per heavy atom. The highest BCUT2D eigenvalue weighted by molar-refractivity contribution is 14.0. The monoisotopic (exact) mass is 341 g/mol. The summed E-state index contributed by atoms with van der Waals surface area (Å²) in [6, 6.07) is 0. The molecular formula is C11H24IN3O. The van der Waals surface area contributed by atoms with Crippen molar-refractivity contribution in [3.63, 3.8) is 0 Å². The Morgan fingerprint density at radius 2 is 2.12 bits per heavy atom. The van der Waals surface area contributed by atoms with Crippen molar-refractivity contribution in [1.82, 2.24) is 10.6 Å². The highest BCUT2D eigenvalue weighted by Gasteiger charge is 1.95. The average Bonchev–Trinajstić information content (AvgIpc) is 2.21. The van der Waals surface area contributed by atoms with Gasteiger partial charge in [-0.1, -0.05) is 6.08 Å². The van der Waals surface area contributed by atoms with Crippen molar-refractivity contribution >= 4 is 29.9 Å². The molecule has 4 nitrogen and oxygen atoms in total. The van der Waals surface area contributed by atoms with E-state index in [2.05, 4.69) is 22.2 Å². The van der Waals surface area contributed by atoms with E-state index in [1.807, 2.05) is 13.8 Å². The quantitative estimate of drug-likeness (QED) is 0.244. The molecule has 0 amide bonds. The van der Waals surface area contributed by atoms with Gasteiger partial charge in [0.25, 0.3) is 0 Å². The predicted molar refractivity (Wildman–Crippen MR) is 80.7 cm³/mol. The molecule has 0 aliphatic heterocycles. The zero-order valence-corrected chi connectivity index (χ0v) is 12.8. The first kappa shape index (κ1) is 18.1. The second-order valence-corrected chi connectivity index (χ2v) is 3.44. The van der Waals surface area contributed by atoms with Crippen LogP contribution >= 0.6 is 24.0 Å². The van der Waals surface area contributed by atoms with Gasteiger partial charge in [-0.15, -0.1) is 30.6 Å². The van der Waals surface area contributed by atoms with Crippen LogP contribution in [0, 0.1) is 0 Å². The van der Waals surface area contributed by atoms with E-state index in [1.165, 1.54) is 0 Å². The van der Waals surface area contributed by atoms with Crippen LogP contribution in [-0.2, 0) is 4.74 Å². The number of ether oxygens (including phenoxy) is 1. The molecule has 0 unspecified atom stereocenters. The fraction of sp³-hybridized carbons (Fsp3) is 0.727. The molecule has 5 heteroatoms. The van der Waals surface area contributed by atoms with E-state index >= 15 is 0 Å². The normalized spacial score (nSPS) is 10.9. The Labute approximate surface area is 116 Å². The molecule has 0 bridgehead atoms. The van der Waals surface area contributed by atoms with Gasteiger partial charge in [-0.05, 0) is 20.3 Å². The molecule has 96 valence electrons. The van der Waals surface area contributed by atoms with E-state index in [0.717, 1.165) is 32.1 Å². The first-order chi connectivity index (χ1) is 7.20. The lowest BCUT2D eigenvalue weighted by Gasteiger charge is -2.11. The summed E-state index contributed by atoms with van der Waals surface area (Å²) in [6.45, 7) is 10.1. The lowest BCUT2D eigenvalue weighted by Crippen LogP contribution is -2.38. The van der Waals surface area contributed by atoms with Crippen LogP contribution in [0.15, 0.2) is 17.6 Å². The summed E-state index contributed by atoms with van der Waals surface area (Å²) in [5, 5.41) is 6.29. The van der Waals surface area contributed by atoms with E-state index in [4.69, 9.17) is 4.74 Å². The van der Waals surface area contributed by atoms with Gasteiger partial charge in [-0.3, -0.25) is 4.99 Å². The second-order valence-electron chi connectivity index (χ2n) is 3.44. The molecule has 0 saturated carbocycles. The SMILES string of the molecule is C=CCNC(=NC)NCCCOC(C)C.I. The van der Waals surface area contributed by atoms with Crippen molar-refractivity contribution in [3.8, 4) is 0 Å². The summed E-state index contributed by atoms with van der Waals surface area (Å²) >= 11 is 0. The highest BCUT2D eigenvalue weighted by Crippen LogP contribution is 1.88. The van der Waals surface area contributed by atoms with E-state index in [1.54, 1.807) is 13.1 Å². The maximum Gasteiger partial charge on any atom is 0.191 e. The lowest BCUT2D eigenvalue weighted by molar-refractivity contribution is 0.0776. The summed E-state index contributed by atoms with van der Waals surface area (Å²) in [4.78, 5) is 4.06. The molecule has 0 aromatic carbocycles. The Balaban J connectivity index is 0. The Bertz CT molecular complexity index is 196. The summed E-state index contributed by atoms with van der Waals surface area (Å²) in [7, 11) is 1.75. The van der Waals surface area contributed by atoms with Gasteiger partial charge in [0.05, 0.1) is 6.10 Å². The lowest BCUT2D eigenvalue weighted by atomic mass is 10.4. The fourth-order valence-electron chi connectivity index (χ4n) is 0.987. The maximum absolute atomic E-state index is 5.42. The molecule has 0 aromatic rings. The number of aliphatic imine (C=N–C) groups is 1. The van der Waals surface area contributed by atoms with Crippen LogP contribution in [0.2, 0.25) is 0 Å². The first-order valence-electron chi connectivity index (χ1n) is 5.37. The van der Waals surface area contributed by atoms with Crippen LogP contribution < -0.4 is 10.6 Å². The van der Waals surface area contributed by atoms with Crippen molar-refractivity contribution in [1.29, 1.82) is 0 Å². The third-order valence-corrected chi connectivity index (χ3v) is 1.70. The summed E-state index contributed by atoms with van der Waals surface area (Å²) in [5.74, 6) is 0.805. The van der Waals surface area contributed by atoms with Crippen LogP contribution in [0.3, 0.4) is 0 Å². The average molecular weight is 341 g/mol. The van der Waals surface area contributed by atoms with Crippen LogP contribution in [-0.4, -0.2) is 38.8 Å². The van der Waals surface area contributed by atoms with Crippen LogP contribution in [0.25, 0.3) is 0 Å². The minimum absolute atomic E-state index is 0. The van der Waals surface area contributed by atoms with Gasteiger partial charge in [0.15, 0.2) is 5.96 Å². The first-order valence-corrected chi connectivity index (χ1v) is 5.37. The molecule has 2 N–H and O–H groups in total. The van der Waals surface area contributed by atoms with Crippen LogP contribution in [0.4, 0.5) is 0 Å². The molecular weight excluding hydrogens is 317 g/mol. The standard InChI is InChI=1S/C11H23N3O.HI/c1-5-7-13-11(12-4)14-8-6-9-15-10(2)3;/h5,10H,1,6-9H2,2-4H3,(H2,12,13,14);1H. The van der Waals surface area contributed by atoms with Crippen LogP contribution in [0.5, 0.6) is 0 Å². The van der Waals surface area contributed by atoms with E-state index in [9.17, 15) is 0 Å². The Kier molecular flexibility index (Phi) is 14.4. The molecule has 0 radical (unpaired) electrons. The van der Waals surface area contributed by atoms with Gasteiger partial charge in [0.1, 0.15) is 0 Å². The molecule has 16 heavy (non-hydrogen) atoms. The van der Waals surface area contributed by atoms with Gasteiger partial charge in [0, 0.05) is 26.7 Å². The molecule has 0 heterocycles. The minimum Gasteiger partial charge on any atom is -0.379 e. The Hall–Kier alpha value is -0.300. The molecule has 0 rings (SSSR count). The number of rotatable bonds is 7. The molecule has 0 spiro atoms. The van der Waals surface area contributed by atoms with Gasteiger partial charge in [-0.25, -0.2) is 0 Å². The highest BCUT2D eigenvalue weighted by atomic mass is 127. The summed E-state index contributed by atoms with van der Waals surface area (Å²) in [6.07, 6.45) is 3.09. The van der Waals surface area contributed by atoms with E-state index < -0.39 is 0 Å². The van der Waals surface area contributed by atoms with Crippen LogP contribution in [0.1, 0.15) is 20.3 Å². The van der Waals surface area contributed by atoms with Crippen molar-refractivity contribution < 1.29 is 4.74 Å². The van der Waals surface area contributed by atoms with Gasteiger partial charge in [-0.2, -0.15) is 0 Å². The second kappa shape index (κ2) is 12.8. The number of hydrogen-bond donors (Lipinski definition) is 2. The molecule has 0 aliphatic carbocycles. The zero-order chi connectivity index (χ0) is 11.5. The Morgan fingerprint density at radius 1 is 1.44 bits per heavy atom. The number of hydrogen-bond acceptors (Lipinski definition) is 2. The summed E-state index contributed by atoms with van der Waals surface area (Å²) in [5.41, 5.74) is 0. The zero-order valence-electron chi connectivity index (χ0n) is 10.5. The maximum atomic E-state index is 5.42. The number of nitrogens with zero attached hydrogens (tertiary/aromatic N) is 1. The van der Waals surface area contributed by atoms with Crippen molar-refractivity contribution in [3.05, 3.63) is 12.7 Å². The van der Waals surface area contributed by atoms with Crippen molar-refractivity contribution in [2.45, 2.75) is 26.4 Å². The smallest absolute Gasteiger partial charge is 0.191 e. The van der Waals surface area contributed by atoms with Gasteiger partial charge in [0.2, 0.25) is 0 Å². The third-order valence-electron chi connectivity index (χ3n) is 1.70. The molecule has 0 aromatic heterocycles. The topological polar surface area (TPSA) is 45.7 Å². The molecule has 0 aliphatic rings. The van der Waals surface area contributed by atoms with E-state index in [0.29, 0.717) is 6.10 Å². The molecule has 0 saturated heterocycles. The number of halogens is 1. The molecule has 0 atom stereocenters. The number of guanidine groups is 1. The summed E-state index contributed by atoms with van der Waals surface area (Å²) < 4.78 is 5.42. The van der Waals surface area contributed by atoms with Gasteiger partial charge < -0.3 is 15.4 Å². The largest absolute Gasteiger partial charge is 0.379 e. The molecule has 0 fully saturated rings. The van der Waals surface area contributed by atoms with Gasteiger partial charge >= 0.3 is 0 Å². The fourth-order valence-corrected chi connectivity index (χ4v) is 0.987. The third kappa shape index (κ3) is 11.8. The minimum atomic E-state index is 0. The van der Waals surface area contributed by atoms with Crippen molar-refractivity contribution in [2.24, 2.45) is 4.99 Å². The van der Waals surface area contributed by atoms with Crippen molar-refractivity contribution in [2.75, 3.05) is 26.7 Å². The predicted octanol–water partition coefficient (Wildman–Crippen LogP) is 1.77.